The molecule has 1 fully saturated rings. The Balaban J connectivity index is 1.77. The van der Waals surface area contributed by atoms with Gasteiger partial charge in [-0.15, -0.1) is 0 Å². The number of amides is 1. The minimum Gasteiger partial charge on any atom is -0.497 e. The lowest BCUT2D eigenvalue weighted by Gasteiger charge is -2.08. The first kappa shape index (κ1) is 13.5. The molecule has 0 aliphatic heterocycles. The van der Waals surface area contributed by atoms with Crippen LogP contribution in [-0.4, -0.2) is 30.3 Å². The molecule has 1 saturated carbocycles. The molecule has 1 aromatic carbocycles. The van der Waals surface area contributed by atoms with Crippen molar-refractivity contribution in [1.29, 1.82) is 0 Å². The van der Waals surface area contributed by atoms with Crippen molar-refractivity contribution in [3.63, 3.8) is 0 Å². The third-order valence-corrected chi connectivity index (χ3v) is 3.47. The zero-order chi connectivity index (χ0) is 14.8. The third kappa shape index (κ3) is 2.99. The van der Waals surface area contributed by atoms with Crippen LogP contribution < -0.4 is 14.8 Å². The molecule has 1 amide bonds. The Morgan fingerprint density at radius 1 is 1.19 bits per heavy atom. The van der Waals surface area contributed by atoms with Crippen LogP contribution in [-0.2, 0) is 0 Å². The number of anilines is 1. The predicted octanol–water partition coefficient (Wildman–Crippen LogP) is 2.56. The molecule has 0 atom stereocenters. The SMILES string of the molecule is COc1cc(OC)cc(C(=O)Nc2cc(C3CC3)[nH]n2)c1. The molecule has 0 saturated heterocycles. The van der Waals surface area contributed by atoms with Gasteiger partial charge in [-0.1, -0.05) is 0 Å². The van der Waals surface area contributed by atoms with Crippen LogP contribution in [0.1, 0.15) is 34.8 Å². The summed E-state index contributed by atoms with van der Waals surface area (Å²) in [6, 6.07) is 6.92. The maximum absolute atomic E-state index is 12.3. The Morgan fingerprint density at radius 3 is 2.43 bits per heavy atom. The van der Waals surface area contributed by atoms with E-state index in [1.54, 1.807) is 32.4 Å². The van der Waals surface area contributed by atoms with E-state index in [1.165, 1.54) is 12.8 Å². The Bertz CT molecular complexity index is 640. The van der Waals surface area contributed by atoms with Crippen LogP contribution in [0.25, 0.3) is 0 Å². The predicted molar refractivity (Wildman–Crippen MR) is 78.1 cm³/mol. The number of aromatic amines is 1. The molecule has 21 heavy (non-hydrogen) atoms. The number of benzene rings is 1. The van der Waals surface area contributed by atoms with Gasteiger partial charge in [0.2, 0.25) is 0 Å². The van der Waals surface area contributed by atoms with Gasteiger partial charge in [0.15, 0.2) is 5.82 Å². The average Bonchev–Trinajstić information content (AvgIpc) is 3.27. The van der Waals surface area contributed by atoms with E-state index in [0.717, 1.165) is 5.69 Å². The number of hydrogen-bond acceptors (Lipinski definition) is 4. The minimum absolute atomic E-state index is 0.249. The number of ether oxygens (including phenoxy) is 2. The van der Waals surface area contributed by atoms with E-state index in [9.17, 15) is 4.79 Å². The number of H-pyrrole nitrogens is 1. The topological polar surface area (TPSA) is 76.2 Å². The summed E-state index contributed by atoms with van der Waals surface area (Å²) in [4.78, 5) is 12.3. The van der Waals surface area contributed by atoms with E-state index in [4.69, 9.17) is 9.47 Å². The molecule has 0 unspecified atom stereocenters. The van der Waals surface area contributed by atoms with Gasteiger partial charge < -0.3 is 14.8 Å². The van der Waals surface area contributed by atoms with Gasteiger partial charge in [0.1, 0.15) is 11.5 Å². The van der Waals surface area contributed by atoms with E-state index in [1.807, 2.05) is 6.07 Å². The molecule has 0 radical (unpaired) electrons. The third-order valence-electron chi connectivity index (χ3n) is 3.47. The van der Waals surface area contributed by atoms with Gasteiger partial charge in [0.05, 0.1) is 14.2 Å². The van der Waals surface area contributed by atoms with Crippen molar-refractivity contribution >= 4 is 11.7 Å². The lowest BCUT2D eigenvalue weighted by molar-refractivity contribution is 0.102. The zero-order valence-electron chi connectivity index (χ0n) is 12.0. The quantitative estimate of drug-likeness (QED) is 0.886. The number of methoxy groups -OCH3 is 2. The summed E-state index contributed by atoms with van der Waals surface area (Å²) in [7, 11) is 3.10. The highest BCUT2D eigenvalue weighted by atomic mass is 16.5. The van der Waals surface area contributed by atoms with Crippen molar-refractivity contribution < 1.29 is 14.3 Å². The Labute approximate surface area is 122 Å². The van der Waals surface area contributed by atoms with Gasteiger partial charge in [-0.3, -0.25) is 9.89 Å². The molecule has 3 rings (SSSR count). The van der Waals surface area contributed by atoms with Crippen LogP contribution >= 0.6 is 0 Å². The second-order valence-corrected chi connectivity index (χ2v) is 5.04. The monoisotopic (exact) mass is 287 g/mol. The first-order valence-corrected chi connectivity index (χ1v) is 6.79. The van der Waals surface area contributed by atoms with E-state index in [0.29, 0.717) is 28.8 Å². The molecule has 1 aliphatic rings. The van der Waals surface area contributed by atoms with Crippen LogP contribution in [0.15, 0.2) is 24.3 Å². The summed E-state index contributed by atoms with van der Waals surface area (Å²) in [5.74, 6) is 1.99. The Hall–Kier alpha value is -2.50. The van der Waals surface area contributed by atoms with Crippen LogP contribution in [0.5, 0.6) is 11.5 Å². The molecular weight excluding hydrogens is 270 g/mol. The lowest BCUT2D eigenvalue weighted by atomic mass is 10.2. The largest absolute Gasteiger partial charge is 0.497 e. The molecule has 0 bridgehead atoms. The van der Waals surface area contributed by atoms with Gasteiger partial charge in [-0.05, 0) is 25.0 Å². The number of nitrogens with one attached hydrogen (secondary N) is 2. The normalized spacial score (nSPS) is 13.8. The number of carbonyl (C=O) groups is 1. The Kier molecular flexibility index (Phi) is 3.51. The van der Waals surface area contributed by atoms with Crippen LogP contribution in [0.4, 0.5) is 5.82 Å². The number of aromatic nitrogens is 2. The molecule has 1 heterocycles. The number of hydrogen-bond donors (Lipinski definition) is 2. The van der Waals surface area contributed by atoms with Crippen LogP contribution in [0.2, 0.25) is 0 Å². The fourth-order valence-electron chi connectivity index (χ4n) is 2.13. The number of carbonyl (C=O) groups excluding carboxylic acids is 1. The average molecular weight is 287 g/mol. The molecule has 2 aromatic rings. The molecular formula is C15H17N3O3. The van der Waals surface area contributed by atoms with Gasteiger partial charge in [-0.2, -0.15) is 5.10 Å². The summed E-state index contributed by atoms with van der Waals surface area (Å²) in [5.41, 5.74) is 1.54. The first-order valence-electron chi connectivity index (χ1n) is 6.79. The van der Waals surface area contributed by atoms with Crippen molar-refractivity contribution in [2.75, 3.05) is 19.5 Å². The van der Waals surface area contributed by atoms with Crippen molar-refractivity contribution in [1.82, 2.24) is 10.2 Å². The van der Waals surface area contributed by atoms with E-state index < -0.39 is 0 Å². The van der Waals surface area contributed by atoms with Crippen LogP contribution in [0, 0.1) is 0 Å². The van der Waals surface area contributed by atoms with Crippen molar-refractivity contribution in [3.05, 3.63) is 35.5 Å². The standard InChI is InChI=1S/C15H17N3O3/c1-20-11-5-10(6-12(7-11)21-2)15(19)16-14-8-13(17-18-14)9-3-4-9/h5-9H,3-4H2,1-2H3,(H2,16,17,18,19). The number of rotatable bonds is 5. The summed E-state index contributed by atoms with van der Waals surface area (Å²) in [6.45, 7) is 0. The number of nitrogens with zero attached hydrogens (tertiary/aromatic N) is 1. The fraction of sp³-hybridized carbons (Fsp3) is 0.333. The lowest BCUT2D eigenvalue weighted by Crippen LogP contribution is -2.12. The summed E-state index contributed by atoms with van der Waals surface area (Å²) < 4.78 is 10.3. The highest BCUT2D eigenvalue weighted by Crippen LogP contribution is 2.39. The second-order valence-electron chi connectivity index (χ2n) is 5.04. The molecule has 6 nitrogen and oxygen atoms in total. The smallest absolute Gasteiger partial charge is 0.257 e. The highest BCUT2D eigenvalue weighted by molar-refractivity contribution is 6.04. The van der Waals surface area contributed by atoms with Gasteiger partial charge >= 0.3 is 0 Å². The zero-order valence-corrected chi connectivity index (χ0v) is 12.0. The highest BCUT2D eigenvalue weighted by Gasteiger charge is 2.25. The minimum atomic E-state index is -0.249. The van der Waals surface area contributed by atoms with Crippen molar-refractivity contribution in [2.45, 2.75) is 18.8 Å². The van der Waals surface area contributed by atoms with Gasteiger partial charge in [0, 0.05) is 29.3 Å². The summed E-state index contributed by atoms with van der Waals surface area (Å²) in [6.07, 6.45) is 2.37. The molecule has 0 spiro atoms. The molecule has 1 aliphatic carbocycles. The molecule has 1 aromatic heterocycles. The first-order chi connectivity index (χ1) is 10.2. The molecule has 2 N–H and O–H groups in total. The van der Waals surface area contributed by atoms with Gasteiger partial charge in [-0.25, -0.2) is 0 Å². The molecule has 6 heteroatoms. The second kappa shape index (κ2) is 5.47. The van der Waals surface area contributed by atoms with Crippen molar-refractivity contribution in [3.8, 4) is 11.5 Å². The van der Waals surface area contributed by atoms with E-state index >= 15 is 0 Å². The van der Waals surface area contributed by atoms with Crippen LogP contribution in [0.3, 0.4) is 0 Å². The fourth-order valence-corrected chi connectivity index (χ4v) is 2.13. The van der Waals surface area contributed by atoms with Gasteiger partial charge in [0.25, 0.3) is 5.91 Å². The summed E-state index contributed by atoms with van der Waals surface area (Å²) in [5, 5.41) is 9.84. The maximum Gasteiger partial charge on any atom is 0.257 e. The van der Waals surface area contributed by atoms with E-state index in [2.05, 4.69) is 15.5 Å². The maximum atomic E-state index is 12.3. The summed E-state index contributed by atoms with van der Waals surface area (Å²) >= 11 is 0. The molecule has 110 valence electrons. The Morgan fingerprint density at radius 2 is 1.86 bits per heavy atom. The van der Waals surface area contributed by atoms with E-state index in [-0.39, 0.29) is 5.91 Å². The van der Waals surface area contributed by atoms with Crippen molar-refractivity contribution in [2.24, 2.45) is 0 Å².